The molecule has 0 aliphatic rings. The van der Waals surface area contributed by atoms with Gasteiger partial charge >= 0.3 is 0 Å². The molecule has 1 aromatic carbocycles. The molecule has 112 valence electrons. The Morgan fingerprint density at radius 2 is 1.90 bits per heavy atom. The number of aromatic hydroxyl groups is 1. The molecule has 4 N–H and O–H groups in total. The van der Waals surface area contributed by atoms with Crippen molar-refractivity contribution in [3.63, 3.8) is 0 Å². The molecule has 6 nitrogen and oxygen atoms in total. The number of pyridine rings is 1. The van der Waals surface area contributed by atoms with Gasteiger partial charge < -0.3 is 25.6 Å². The van der Waals surface area contributed by atoms with Gasteiger partial charge in [0.25, 0.3) is 0 Å². The van der Waals surface area contributed by atoms with E-state index >= 15 is 0 Å². The van der Waals surface area contributed by atoms with Gasteiger partial charge in [-0.05, 0) is 39.7 Å². The second kappa shape index (κ2) is 6.53. The van der Waals surface area contributed by atoms with Crippen molar-refractivity contribution in [1.29, 1.82) is 0 Å². The van der Waals surface area contributed by atoms with Gasteiger partial charge in [-0.15, -0.1) is 0 Å². The molecule has 0 aliphatic heterocycles. The normalized spacial score (nSPS) is 10.2. The first kappa shape index (κ1) is 15.2. The lowest BCUT2D eigenvalue weighted by Crippen LogP contribution is -2.03. The highest BCUT2D eigenvalue weighted by Gasteiger charge is 2.11. The number of nitrogens with two attached hydrogens (primary N) is 1. The number of hydrogen-bond donors (Lipinski definition) is 3. The number of methoxy groups -OCH3 is 2. The Hall–Kier alpha value is -2.15. The van der Waals surface area contributed by atoms with E-state index in [0.29, 0.717) is 28.3 Å². The number of halogens is 1. The zero-order valence-electron chi connectivity index (χ0n) is 11.7. The Morgan fingerprint density at radius 3 is 2.48 bits per heavy atom. The topological polar surface area (TPSA) is 89.6 Å². The maximum Gasteiger partial charge on any atom is 0.200 e. The van der Waals surface area contributed by atoms with Crippen molar-refractivity contribution < 1.29 is 14.6 Å². The summed E-state index contributed by atoms with van der Waals surface area (Å²) in [6.45, 7) is 0.509. The van der Waals surface area contributed by atoms with Crippen molar-refractivity contribution in [3.8, 4) is 17.2 Å². The van der Waals surface area contributed by atoms with Crippen LogP contribution in [0.15, 0.2) is 28.9 Å². The maximum atomic E-state index is 9.88. The second-order valence-electron chi connectivity index (χ2n) is 4.26. The van der Waals surface area contributed by atoms with Gasteiger partial charge in [0.05, 0.1) is 24.4 Å². The summed E-state index contributed by atoms with van der Waals surface area (Å²) < 4.78 is 11.0. The summed E-state index contributed by atoms with van der Waals surface area (Å²) in [6.07, 6.45) is 1.63. The van der Waals surface area contributed by atoms with E-state index in [-0.39, 0.29) is 5.75 Å². The van der Waals surface area contributed by atoms with E-state index in [1.54, 1.807) is 18.3 Å². The van der Waals surface area contributed by atoms with Crippen LogP contribution in [0.4, 0.5) is 11.5 Å². The first-order valence-corrected chi connectivity index (χ1v) is 6.93. The van der Waals surface area contributed by atoms with Crippen LogP contribution in [0, 0.1) is 0 Å². The molecule has 1 aromatic heterocycles. The largest absolute Gasteiger partial charge is 0.502 e. The van der Waals surface area contributed by atoms with Gasteiger partial charge in [-0.2, -0.15) is 0 Å². The van der Waals surface area contributed by atoms with Crippen molar-refractivity contribution in [1.82, 2.24) is 4.98 Å². The van der Waals surface area contributed by atoms with Crippen molar-refractivity contribution in [3.05, 3.63) is 34.4 Å². The number of ether oxygens (including phenoxy) is 2. The number of hydrogen-bond acceptors (Lipinski definition) is 6. The summed E-state index contributed by atoms with van der Waals surface area (Å²) in [5.41, 5.74) is 7.45. The van der Waals surface area contributed by atoms with E-state index in [9.17, 15) is 5.11 Å². The van der Waals surface area contributed by atoms with Crippen LogP contribution in [0.3, 0.4) is 0 Å². The third-order valence-electron chi connectivity index (χ3n) is 2.94. The van der Waals surface area contributed by atoms with Crippen LogP contribution >= 0.6 is 15.9 Å². The molecule has 0 atom stereocenters. The Labute approximate surface area is 131 Å². The smallest absolute Gasteiger partial charge is 0.200 e. The van der Waals surface area contributed by atoms with Gasteiger partial charge in [0.2, 0.25) is 5.75 Å². The third-order valence-corrected chi connectivity index (χ3v) is 3.77. The standard InChI is InChI=1S/C14H16BrN3O3/c1-20-10-5-8(6-11(21-2)13(10)19)7-18-9-3-4-17-14(16)12(9)15/h3-6,19H,7H2,1-2H3,(H3,16,17,18). The van der Waals surface area contributed by atoms with Crippen LogP contribution in [0.25, 0.3) is 0 Å². The third kappa shape index (κ3) is 3.30. The number of nitrogens with zero attached hydrogens (tertiary/aromatic N) is 1. The summed E-state index contributed by atoms with van der Waals surface area (Å²) >= 11 is 3.38. The first-order valence-electron chi connectivity index (χ1n) is 6.14. The van der Waals surface area contributed by atoms with Crippen molar-refractivity contribution in [2.75, 3.05) is 25.3 Å². The zero-order chi connectivity index (χ0) is 15.4. The van der Waals surface area contributed by atoms with E-state index in [1.165, 1.54) is 14.2 Å². The lowest BCUT2D eigenvalue weighted by atomic mass is 10.1. The van der Waals surface area contributed by atoms with Gasteiger partial charge in [0.15, 0.2) is 11.5 Å². The molecule has 0 bridgehead atoms. The fraction of sp³-hybridized carbons (Fsp3) is 0.214. The van der Waals surface area contributed by atoms with Crippen LogP contribution < -0.4 is 20.5 Å². The number of phenols is 1. The Morgan fingerprint density at radius 1 is 1.29 bits per heavy atom. The van der Waals surface area contributed by atoms with E-state index < -0.39 is 0 Å². The lowest BCUT2D eigenvalue weighted by molar-refractivity contribution is 0.339. The molecule has 21 heavy (non-hydrogen) atoms. The van der Waals surface area contributed by atoms with Gasteiger partial charge in [0.1, 0.15) is 5.82 Å². The Balaban J connectivity index is 2.22. The molecule has 2 aromatic rings. The van der Waals surface area contributed by atoms with Crippen LogP contribution in [-0.4, -0.2) is 24.3 Å². The minimum absolute atomic E-state index is 0.0157. The highest BCUT2D eigenvalue weighted by Crippen LogP contribution is 2.37. The highest BCUT2D eigenvalue weighted by atomic mass is 79.9. The predicted molar refractivity (Wildman–Crippen MR) is 84.9 cm³/mol. The van der Waals surface area contributed by atoms with Gasteiger partial charge in [-0.3, -0.25) is 0 Å². The molecule has 0 radical (unpaired) electrons. The Kier molecular flexibility index (Phi) is 4.74. The minimum Gasteiger partial charge on any atom is -0.502 e. The average molecular weight is 354 g/mol. The first-order chi connectivity index (χ1) is 10.1. The molecule has 0 saturated carbocycles. The van der Waals surface area contributed by atoms with Crippen molar-refractivity contribution in [2.24, 2.45) is 0 Å². The second-order valence-corrected chi connectivity index (χ2v) is 5.05. The summed E-state index contributed by atoms with van der Waals surface area (Å²) in [5.74, 6) is 1.12. The number of benzene rings is 1. The molecule has 0 unspecified atom stereocenters. The SMILES string of the molecule is COc1cc(CNc2ccnc(N)c2Br)cc(OC)c1O. The average Bonchev–Trinajstić information content (AvgIpc) is 2.49. The molecule has 0 fully saturated rings. The molecule has 0 amide bonds. The van der Waals surface area contributed by atoms with Crippen molar-refractivity contribution >= 4 is 27.4 Å². The van der Waals surface area contributed by atoms with Crippen LogP contribution in [-0.2, 0) is 6.54 Å². The molecule has 7 heteroatoms. The van der Waals surface area contributed by atoms with Gasteiger partial charge in [-0.25, -0.2) is 4.98 Å². The molecule has 2 rings (SSSR count). The molecule has 1 heterocycles. The maximum absolute atomic E-state index is 9.88. The van der Waals surface area contributed by atoms with E-state index in [2.05, 4.69) is 26.2 Å². The number of rotatable bonds is 5. The zero-order valence-corrected chi connectivity index (χ0v) is 13.3. The monoisotopic (exact) mass is 353 g/mol. The number of anilines is 2. The molecular weight excluding hydrogens is 338 g/mol. The highest BCUT2D eigenvalue weighted by molar-refractivity contribution is 9.10. The molecule has 0 aliphatic carbocycles. The number of nitrogens with one attached hydrogen (secondary N) is 1. The minimum atomic E-state index is -0.0157. The summed E-state index contributed by atoms with van der Waals surface area (Å²) in [6, 6.07) is 5.29. The summed E-state index contributed by atoms with van der Waals surface area (Å²) in [5, 5.41) is 13.1. The summed E-state index contributed by atoms with van der Waals surface area (Å²) in [7, 11) is 2.98. The summed E-state index contributed by atoms with van der Waals surface area (Å²) in [4.78, 5) is 3.98. The van der Waals surface area contributed by atoms with Gasteiger partial charge in [0, 0.05) is 12.7 Å². The molecule has 0 saturated heterocycles. The fourth-order valence-corrected chi connectivity index (χ4v) is 2.22. The fourth-order valence-electron chi connectivity index (χ4n) is 1.84. The van der Waals surface area contributed by atoms with Crippen LogP contribution in [0.1, 0.15) is 5.56 Å². The van der Waals surface area contributed by atoms with Crippen molar-refractivity contribution in [2.45, 2.75) is 6.54 Å². The number of aromatic nitrogens is 1. The molecular formula is C14H16BrN3O3. The van der Waals surface area contributed by atoms with Crippen LogP contribution in [0.5, 0.6) is 17.2 Å². The van der Waals surface area contributed by atoms with E-state index in [0.717, 1.165) is 11.3 Å². The lowest BCUT2D eigenvalue weighted by Gasteiger charge is -2.13. The van der Waals surface area contributed by atoms with E-state index in [1.807, 2.05) is 6.07 Å². The quantitative estimate of drug-likeness (QED) is 0.765. The van der Waals surface area contributed by atoms with E-state index in [4.69, 9.17) is 15.2 Å². The predicted octanol–water partition coefficient (Wildman–Crippen LogP) is 2.76. The molecule has 0 spiro atoms. The van der Waals surface area contributed by atoms with Crippen LogP contribution in [0.2, 0.25) is 0 Å². The Bertz CT molecular complexity index is 624. The number of phenolic OH excluding ortho intramolecular Hbond substituents is 1. The van der Waals surface area contributed by atoms with Gasteiger partial charge in [-0.1, -0.05) is 0 Å². The number of nitrogen functional groups attached to an aromatic ring is 1.